The maximum atomic E-state index is 13.9. The molecule has 0 aliphatic rings. The predicted octanol–water partition coefficient (Wildman–Crippen LogP) is 3.59. The SMILES string of the molecule is CS(=O)(=O)c1ccc(-c2cccc(NC(=O)c3c(F)cccc3Cl)c2)nn1. The standard InChI is InChI=1S/C18H13ClFN3O3S/c1-27(25,26)16-9-8-15(22-23-16)11-4-2-5-12(10-11)21-18(24)17-13(19)6-3-7-14(17)20/h2-10H,1H3,(H,21,24). The zero-order valence-corrected chi connectivity index (χ0v) is 15.6. The Hall–Kier alpha value is -2.84. The largest absolute Gasteiger partial charge is 0.322 e. The van der Waals surface area contributed by atoms with E-state index in [4.69, 9.17) is 11.6 Å². The molecule has 1 heterocycles. The van der Waals surface area contributed by atoms with Crippen LogP contribution in [0.1, 0.15) is 10.4 Å². The third kappa shape index (κ3) is 4.29. The van der Waals surface area contributed by atoms with Crippen molar-refractivity contribution in [2.45, 2.75) is 5.03 Å². The van der Waals surface area contributed by atoms with Crippen LogP contribution in [-0.4, -0.2) is 30.8 Å². The Balaban J connectivity index is 1.87. The fraction of sp³-hybridized carbons (Fsp3) is 0.0556. The number of nitrogens with one attached hydrogen (secondary N) is 1. The average molecular weight is 406 g/mol. The van der Waals surface area contributed by atoms with Crippen LogP contribution in [0.3, 0.4) is 0 Å². The molecule has 0 unspecified atom stereocenters. The molecule has 0 atom stereocenters. The van der Waals surface area contributed by atoms with Gasteiger partial charge in [-0.15, -0.1) is 10.2 Å². The fourth-order valence-electron chi connectivity index (χ4n) is 2.34. The summed E-state index contributed by atoms with van der Waals surface area (Å²) >= 11 is 5.90. The van der Waals surface area contributed by atoms with Crippen molar-refractivity contribution in [3.63, 3.8) is 0 Å². The lowest BCUT2D eigenvalue weighted by Gasteiger charge is -2.09. The summed E-state index contributed by atoms with van der Waals surface area (Å²) in [4.78, 5) is 12.3. The summed E-state index contributed by atoms with van der Waals surface area (Å²) in [6.07, 6.45) is 1.04. The van der Waals surface area contributed by atoms with Crippen molar-refractivity contribution in [1.82, 2.24) is 10.2 Å². The van der Waals surface area contributed by atoms with Gasteiger partial charge in [-0.3, -0.25) is 4.79 Å². The van der Waals surface area contributed by atoms with Crippen LogP contribution in [0, 0.1) is 5.82 Å². The van der Waals surface area contributed by atoms with E-state index in [9.17, 15) is 17.6 Å². The number of hydrogen-bond acceptors (Lipinski definition) is 5. The molecule has 138 valence electrons. The Kier molecular flexibility index (Phi) is 5.20. The van der Waals surface area contributed by atoms with Crippen LogP contribution in [0.2, 0.25) is 5.02 Å². The predicted molar refractivity (Wildman–Crippen MR) is 99.9 cm³/mol. The smallest absolute Gasteiger partial charge is 0.260 e. The minimum atomic E-state index is -3.44. The highest BCUT2D eigenvalue weighted by molar-refractivity contribution is 7.90. The van der Waals surface area contributed by atoms with Gasteiger partial charge in [0.05, 0.1) is 16.3 Å². The summed E-state index contributed by atoms with van der Waals surface area (Å²) < 4.78 is 36.8. The molecule has 0 aliphatic carbocycles. The molecule has 0 saturated carbocycles. The third-order valence-electron chi connectivity index (χ3n) is 3.63. The number of halogens is 2. The summed E-state index contributed by atoms with van der Waals surface area (Å²) in [5.74, 6) is -1.41. The molecule has 0 spiro atoms. The molecular weight excluding hydrogens is 393 g/mol. The summed E-state index contributed by atoms with van der Waals surface area (Å²) in [5, 5.41) is 10.0. The van der Waals surface area contributed by atoms with Crippen LogP contribution in [0.4, 0.5) is 10.1 Å². The van der Waals surface area contributed by atoms with Crippen LogP contribution in [0.15, 0.2) is 59.6 Å². The molecule has 6 nitrogen and oxygen atoms in total. The second-order valence-corrected chi connectivity index (χ2v) is 8.03. The summed E-state index contributed by atoms with van der Waals surface area (Å²) in [5.41, 5.74) is 1.16. The lowest BCUT2D eigenvalue weighted by molar-refractivity contribution is 0.102. The Morgan fingerprint density at radius 3 is 2.44 bits per heavy atom. The number of sulfone groups is 1. The Morgan fingerprint density at radius 2 is 1.81 bits per heavy atom. The van der Waals surface area contributed by atoms with Gasteiger partial charge in [0.15, 0.2) is 14.9 Å². The number of rotatable bonds is 4. The number of hydrogen-bond donors (Lipinski definition) is 1. The monoisotopic (exact) mass is 405 g/mol. The van der Waals surface area contributed by atoms with Gasteiger partial charge < -0.3 is 5.32 Å². The molecule has 1 N–H and O–H groups in total. The van der Waals surface area contributed by atoms with Crippen LogP contribution in [-0.2, 0) is 9.84 Å². The van der Waals surface area contributed by atoms with Crippen LogP contribution < -0.4 is 5.32 Å². The van der Waals surface area contributed by atoms with Gasteiger partial charge in [-0.1, -0.05) is 29.8 Å². The van der Waals surface area contributed by atoms with Gasteiger partial charge in [0, 0.05) is 17.5 Å². The average Bonchev–Trinajstić information content (AvgIpc) is 2.61. The number of nitrogens with zero attached hydrogens (tertiary/aromatic N) is 2. The van der Waals surface area contributed by atoms with E-state index in [1.165, 1.54) is 24.3 Å². The summed E-state index contributed by atoms with van der Waals surface area (Å²) in [6, 6.07) is 13.5. The molecular formula is C18H13ClFN3O3S. The van der Waals surface area contributed by atoms with Crippen molar-refractivity contribution in [3.8, 4) is 11.3 Å². The van der Waals surface area contributed by atoms with Crippen molar-refractivity contribution in [2.75, 3.05) is 11.6 Å². The number of carbonyl (C=O) groups excluding carboxylic acids is 1. The normalized spacial score (nSPS) is 11.2. The number of anilines is 1. The Labute approximate surface area is 159 Å². The van der Waals surface area contributed by atoms with Gasteiger partial charge in [-0.25, -0.2) is 12.8 Å². The van der Waals surface area contributed by atoms with Crippen molar-refractivity contribution in [1.29, 1.82) is 0 Å². The van der Waals surface area contributed by atoms with Crippen molar-refractivity contribution >= 4 is 33.0 Å². The van der Waals surface area contributed by atoms with E-state index in [0.717, 1.165) is 12.3 Å². The van der Waals surface area contributed by atoms with Gasteiger partial charge in [0.25, 0.3) is 5.91 Å². The number of carbonyl (C=O) groups is 1. The molecule has 0 radical (unpaired) electrons. The molecule has 1 amide bonds. The van der Waals surface area contributed by atoms with E-state index >= 15 is 0 Å². The number of aromatic nitrogens is 2. The molecule has 0 aliphatic heterocycles. The minimum Gasteiger partial charge on any atom is -0.322 e. The van der Waals surface area contributed by atoms with Crippen LogP contribution in [0.5, 0.6) is 0 Å². The topological polar surface area (TPSA) is 89.0 Å². The van der Waals surface area contributed by atoms with E-state index < -0.39 is 21.6 Å². The van der Waals surface area contributed by atoms with Crippen LogP contribution >= 0.6 is 11.6 Å². The van der Waals surface area contributed by atoms with E-state index in [2.05, 4.69) is 15.5 Å². The van der Waals surface area contributed by atoms with Gasteiger partial charge in [0.1, 0.15) is 5.82 Å². The molecule has 1 aromatic heterocycles. The van der Waals surface area contributed by atoms with Crippen molar-refractivity contribution in [2.24, 2.45) is 0 Å². The maximum Gasteiger partial charge on any atom is 0.260 e. The van der Waals surface area contributed by atoms with Gasteiger partial charge in [0.2, 0.25) is 0 Å². The molecule has 0 saturated heterocycles. The van der Waals surface area contributed by atoms with Gasteiger partial charge in [-0.05, 0) is 36.4 Å². The second kappa shape index (κ2) is 7.42. The summed E-state index contributed by atoms with van der Waals surface area (Å²) in [6.45, 7) is 0. The first-order valence-corrected chi connectivity index (χ1v) is 9.92. The maximum absolute atomic E-state index is 13.9. The van der Waals surface area contributed by atoms with E-state index in [-0.39, 0.29) is 15.6 Å². The minimum absolute atomic E-state index is 0.00545. The first kappa shape index (κ1) is 18.9. The van der Waals surface area contributed by atoms with Crippen LogP contribution in [0.25, 0.3) is 11.3 Å². The summed E-state index contributed by atoms with van der Waals surface area (Å²) in [7, 11) is -3.44. The van der Waals surface area contributed by atoms with E-state index in [1.54, 1.807) is 24.3 Å². The number of benzene rings is 2. The lowest BCUT2D eigenvalue weighted by atomic mass is 10.1. The molecule has 0 fully saturated rings. The quantitative estimate of drug-likeness (QED) is 0.716. The lowest BCUT2D eigenvalue weighted by Crippen LogP contribution is -2.14. The molecule has 3 aromatic rings. The Bertz CT molecular complexity index is 1100. The Morgan fingerprint density at radius 1 is 1.07 bits per heavy atom. The highest BCUT2D eigenvalue weighted by Crippen LogP contribution is 2.24. The first-order valence-electron chi connectivity index (χ1n) is 7.65. The van der Waals surface area contributed by atoms with Gasteiger partial charge >= 0.3 is 0 Å². The molecule has 9 heteroatoms. The molecule has 2 aromatic carbocycles. The highest BCUT2D eigenvalue weighted by Gasteiger charge is 2.16. The van der Waals surface area contributed by atoms with Crippen molar-refractivity contribution < 1.29 is 17.6 Å². The van der Waals surface area contributed by atoms with E-state index in [0.29, 0.717) is 16.9 Å². The molecule has 27 heavy (non-hydrogen) atoms. The first-order chi connectivity index (χ1) is 12.8. The van der Waals surface area contributed by atoms with Crippen molar-refractivity contribution in [3.05, 3.63) is 71.0 Å². The molecule has 0 bridgehead atoms. The number of amides is 1. The van der Waals surface area contributed by atoms with Gasteiger partial charge in [-0.2, -0.15) is 0 Å². The second-order valence-electron chi connectivity index (χ2n) is 5.66. The zero-order chi connectivity index (χ0) is 19.6. The fourth-order valence-corrected chi connectivity index (χ4v) is 3.09. The highest BCUT2D eigenvalue weighted by atomic mass is 35.5. The zero-order valence-electron chi connectivity index (χ0n) is 14.0. The molecule has 3 rings (SSSR count). The third-order valence-corrected chi connectivity index (χ3v) is 4.92. The van der Waals surface area contributed by atoms with E-state index in [1.807, 2.05) is 0 Å².